The average Bonchev–Trinajstić information content (AvgIpc) is 2.76. The minimum absolute atomic E-state index is 0.0481. The molecule has 0 bridgehead atoms. The molecule has 2 aromatic heterocycles. The second-order valence-corrected chi connectivity index (χ2v) is 5.13. The molecular weight excluding hydrogens is 232 g/mol. The molecule has 4 heteroatoms. The van der Waals surface area contributed by atoms with E-state index >= 15 is 0 Å². The van der Waals surface area contributed by atoms with Crippen molar-refractivity contribution >= 4 is 21.4 Å². The van der Waals surface area contributed by atoms with Gasteiger partial charge in [-0.1, -0.05) is 13.8 Å². The van der Waals surface area contributed by atoms with E-state index < -0.39 is 0 Å². The molecule has 0 N–H and O–H groups in total. The number of fused-ring (bicyclic) bond motifs is 3. The van der Waals surface area contributed by atoms with Gasteiger partial charge in [-0.25, -0.2) is 4.68 Å². The molecule has 0 radical (unpaired) electrons. The third-order valence-electron chi connectivity index (χ3n) is 3.06. The molecule has 0 saturated carbocycles. The van der Waals surface area contributed by atoms with Crippen LogP contribution in [0.5, 0.6) is 0 Å². The molecule has 0 unspecified atom stereocenters. The number of hydrogen-bond acceptors (Lipinski definition) is 3. The van der Waals surface area contributed by atoms with Crippen LogP contribution in [0.15, 0.2) is 11.0 Å². The SMILES string of the molecule is CC.Cn1ncc2c3c(sc2c1=O)CCCC3. The summed E-state index contributed by atoms with van der Waals surface area (Å²) in [4.78, 5) is 13.3. The van der Waals surface area contributed by atoms with E-state index in [-0.39, 0.29) is 5.56 Å². The van der Waals surface area contributed by atoms with Crippen LogP contribution in [-0.4, -0.2) is 9.78 Å². The summed E-state index contributed by atoms with van der Waals surface area (Å²) >= 11 is 1.67. The molecule has 3 nitrogen and oxygen atoms in total. The number of rotatable bonds is 0. The number of aromatic nitrogens is 2. The van der Waals surface area contributed by atoms with Crippen molar-refractivity contribution in [1.29, 1.82) is 0 Å². The van der Waals surface area contributed by atoms with Crippen LogP contribution >= 0.6 is 11.3 Å². The molecule has 92 valence electrons. The number of nitrogens with zero attached hydrogens (tertiary/aromatic N) is 2. The van der Waals surface area contributed by atoms with Crippen molar-refractivity contribution in [2.75, 3.05) is 0 Å². The minimum Gasteiger partial charge on any atom is -0.266 e. The van der Waals surface area contributed by atoms with Gasteiger partial charge in [0, 0.05) is 17.3 Å². The summed E-state index contributed by atoms with van der Waals surface area (Å²) in [5.74, 6) is 0. The second kappa shape index (κ2) is 5.00. The van der Waals surface area contributed by atoms with Gasteiger partial charge in [0.15, 0.2) is 0 Å². The Kier molecular flexibility index (Phi) is 3.62. The molecule has 0 saturated heterocycles. The molecule has 0 aromatic carbocycles. The van der Waals surface area contributed by atoms with Crippen LogP contribution < -0.4 is 5.56 Å². The maximum Gasteiger partial charge on any atom is 0.284 e. The van der Waals surface area contributed by atoms with Crippen molar-refractivity contribution in [2.24, 2.45) is 7.05 Å². The number of aryl methyl sites for hydroxylation is 3. The lowest BCUT2D eigenvalue weighted by Crippen LogP contribution is -2.17. The molecule has 1 aliphatic carbocycles. The number of hydrogen-bond donors (Lipinski definition) is 0. The Morgan fingerprint density at radius 1 is 1.29 bits per heavy atom. The highest BCUT2D eigenvalue weighted by molar-refractivity contribution is 7.19. The summed E-state index contributed by atoms with van der Waals surface area (Å²) in [6.45, 7) is 4.00. The highest BCUT2D eigenvalue weighted by Gasteiger charge is 2.17. The first-order chi connectivity index (χ1) is 8.27. The van der Waals surface area contributed by atoms with Gasteiger partial charge in [0.05, 0.1) is 6.20 Å². The van der Waals surface area contributed by atoms with Gasteiger partial charge >= 0.3 is 0 Å². The largest absolute Gasteiger partial charge is 0.284 e. The highest BCUT2D eigenvalue weighted by atomic mass is 32.1. The molecule has 0 atom stereocenters. The Morgan fingerprint density at radius 2 is 2.00 bits per heavy atom. The van der Waals surface area contributed by atoms with Gasteiger partial charge in [0.2, 0.25) is 0 Å². The van der Waals surface area contributed by atoms with Crippen molar-refractivity contribution in [3.05, 3.63) is 27.0 Å². The monoisotopic (exact) mass is 250 g/mol. The van der Waals surface area contributed by atoms with E-state index in [0.29, 0.717) is 0 Å². The Bertz CT molecular complexity index is 583. The van der Waals surface area contributed by atoms with Crippen LogP contribution in [0.1, 0.15) is 37.1 Å². The van der Waals surface area contributed by atoms with Gasteiger partial charge in [-0.2, -0.15) is 5.10 Å². The summed E-state index contributed by atoms with van der Waals surface area (Å²) in [7, 11) is 1.71. The Labute approximate surface area is 105 Å². The predicted molar refractivity (Wildman–Crippen MR) is 72.9 cm³/mol. The minimum atomic E-state index is 0.0481. The zero-order valence-corrected chi connectivity index (χ0v) is 11.4. The molecule has 17 heavy (non-hydrogen) atoms. The summed E-state index contributed by atoms with van der Waals surface area (Å²) < 4.78 is 2.31. The van der Waals surface area contributed by atoms with Crippen molar-refractivity contribution in [2.45, 2.75) is 39.5 Å². The summed E-state index contributed by atoms with van der Waals surface area (Å²) in [6.07, 6.45) is 6.60. The fraction of sp³-hybridized carbons (Fsp3) is 0.538. The summed E-state index contributed by atoms with van der Waals surface area (Å²) in [5, 5.41) is 5.19. The lowest BCUT2D eigenvalue weighted by Gasteiger charge is -2.09. The van der Waals surface area contributed by atoms with Crippen LogP contribution in [0, 0.1) is 0 Å². The fourth-order valence-electron chi connectivity index (χ4n) is 2.23. The van der Waals surface area contributed by atoms with Gasteiger partial charge in [0.25, 0.3) is 5.56 Å². The maximum absolute atomic E-state index is 11.9. The van der Waals surface area contributed by atoms with Crippen molar-refractivity contribution in [3.63, 3.8) is 0 Å². The van der Waals surface area contributed by atoms with E-state index in [0.717, 1.165) is 22.9 Å². The lowest BCUT2D eigenvalue weighted by atomic mass is 9.97. The Balaban J connectivity index is 0.000000514. The third kappa shape index (κ3) is 2.02. The first kappa shape index (κ1) is 12.3. The van der Waals surface area contributed by atoms with Crippen molar-refractivity contribution < 1.29 is 0 Å². The Morgan fingerprint density at radius 3 is 2.76 bits per heavy atom. The standard InChI is InChI=1S/C11H12N2OS.C2H6/c1-13-11(14)10-8(6-12-13)7-4-2-3-5-9(7)15-10;1-2/h6H,2-5H2,1H3;1-2H3. The third-order valence-corrected chi connectivity index (χ3v) is 4.36. The van der Waals surface area contributed by atoms with E-state index in [1.807, 2.05) is 20.0 Å². The zero-order chi connectivity index (χ0) is 12.4. The molecule has 1 aliphatic rings. The fourth-order valence-corrected chi connectivity index (χ4v) is 3.56. The van der Waals surface area contributed by atoms with Crippen LogP contribution in [-0.2, 0) is 19.9 Å². The molecule has 0 amide bonds. The van der Waals surface area contributed by atoms with Gasteiger partial charge in [-0.05, 0) is 31.2 Å². The van der Waals surface area contributed by atoms with E-state index in [9.17, 15) is 4.79 Å². The quantitative estimate of drug-likeness (QED) is 0.720. The molecule has 3 rings (SSSR count). The smallest absolute Gasteiger partial charge is 0.266 e. The van der Waals surface area contributed by atoms with Gasteiger partial charge < -0.3 is 0 Å². The molecule has 0 fully saturated rings. The normalized spacial score (nSPS) is 14.1. The van der Waals surface area contributed by atoms with Crippen molar-refractivity contribution in [1.82, 2.24) is 9.78 Å². The van der Waals surface area contributed by atoms with E-state index in [4.69, 9.17) is 0 Å². The van der Waals surface area contributed by atoms with Gasteiger partial charge in [0.1, 0.15) is 4.70 Å². The average molecular weight is 250 g/mol. The Hall–Kier alpha value is -1.16. The lowest BCUT2D eigenvalue weighted by molar-refractivity contribution is 0.697. The zero-order valence-electron chi connectivity index (χ0n) is 10.6. The molecule has 2 heterocycles. The van der Waals surface area contributed by atoms with Gasteiger partial charge in [-0.15, -0.1) is 11.3 Å². The van der Waals surface area contributed by atoms with Crippen molar-refractivity contribution in [3.8, 4) is 0 Å². The highest BCUT2D eigenvalue weighted by Crippen LogP contribution is 2.33. The molecule has 0 aliphatic heterocycles. The molecular formula is C13H18N2OS. The summed E-state index contributed by atoms with van der Waals surface area (Å²) in [5.41, 5.74) is 1.43. The van der Waals surface area contributed by atoms with Crippen LogP contribution in [0.25, 0.3) is 10.1 Å². The molecule has 0 spiro atoms. The molecule has 2 aromatic rings. The predicted octanol–water partition coefficient (Wildman–Crippen LogP) is 2.90. The second-order valence-electron chi connectivity index (χ2n) is 4.03. The topological polar surface area (TPSA) is 34.9 Å². The first-order valence-corrected chi connectivity index (χ1v) is 7.05. The van der Waals surface area contributed by atoms with Crippen LogP contribution in [0.4, 0.5) is 0 Å². The summed E-state index contributed by atoms with van der Waals surface area (Å²) in [6, 6.07) is 0. The van der Waals surface area contributed by atoms with E-state index in [1.165, 1.54) is 28.0 Å². The van der Waals surface area contributed by atoms with Crippen LogP contribution in [0.2, 0.25) is 0 Å². The maximum atomic E-state index is 11.9. The van der Waals surface area contributed by atoms with Crippen LogP contribution in [0.3, 0.4) is 0 Å². The van der Waals surface area contributed by atoms with Gasteiger partial charge in [-0.3, -0.25) is 4.79 Å². The number of thiophene rings is 1. The van der Waals surface area contributed by atoms with E-state index in [1.54, 1.807) is 18.4 Å². The first-order valence-electron chi connectivity index (χ1n) is 6.24. The van der Waals surface area contributed by atoms with E-state index in [2.05, 4.69) is 5.10 Å².